The summed E-state index contributed by atoms with van der Waals surface area (Å²) in [6.07, 6.45) is 2.05. The normalized spacial score (nSPS) is 16.6. The summed E-state index contributed by atoms with van der Waals surface area (Å²) in [5.74, 6) is -0.967. The molecule has 1 aromatic carbocycles. The predicted octanol–water partition coefficient (Wildman–Crippen LogP) is 1.69. The molecule has 0 unspecified atom stereocenters. The number of carboxylic acid groups (broad SMARTS) is 1. The van der Waals surface area contributed by atoms with Crippen LogP contribution >= 0.6 is 0 Å². The molecule has 1 aromatic heterocycles. The van der Waals surface area contributed by atoms with Crippen molar-refractivity contribution in [3.63, 3.8) is 0 Å². The molecule has 0 spiro atoms. The van der Waals surface area contributed by atoms with Crippen molar-refractivity contribution < 1.29 is 14.3 Å². The highest BCUT2D eigenvalue weighted by molar-refractivity contribution is 5.92. The molecular formula is C13H15N3O3. The highest BCUT2D eigenvalue weighted by Gasteiger charge is 2.16. The first-order valence-electron chi connectivity index (χ1n) is 6.33. The Morgan fingerprint density at radius 2 is 2.21 bits per heavy atom. The average Bonchev–Trinajstić information content (AvgIpc) is 2.80. The van der Waals surface area contributed by atoms with Crippen LogP contribution in [-0.4, -0.2) is 35.2 Å². The molecule has 0 aliphatic carbocycles. The van der Waals surface area contributed by atoms with Gasteiger partial charge in [-0.15, -0.1) is 0 Å². The van der Waals surface area contributed by atoms with E-state index in [1.54, 1.807) is 6.07 Å². The minimum atomic E-state index is -0.967. The van der Waals surface area contributed by atoms with E-state index in [4.69, 9.17) is 9.52 Å². The van der Waals surface area contributed by atoms with E-state index in [1.807, 2.05) is 0 Å². The summed E-state index contributed by atoms with van der Waals surface area (Å²) in [6, 6.07) is 5.51. The second kappa shape index (κ2) is 4.89. The van der Waals surface area contributed by atoms with Crippen LogP contribution in [0.4, 0.5) is 6.01 Å². The number of fused-ring (bicyclic) bond motifs is 1. The number of oxazole rings is 1. The van der Waals surface area contributed by atoms with Gasteiger partial charge in [0.25, 0.3) is 6.01 Å². The lowest BCUT2D eigenvalue weighted by atomic mass is 10.1. The van der Waals surface area contributed by atoms with Crippen molar-refractivity contribution in [2.24, 2.45) is 0 Å². The molecule has 2 aromatic rings. The highest BCUT2D eigenvalue weighted by Crippen LogP contribution is 2.21. The zero-order valence-corrected chi connectivity index (χ0v) is 10.3. The van der Waals surface area contributed by atoms with Crippen LogP contribution in [0.3, 0.4) is 0 Å². The molecule has 6 heteroatoms. The number of nitrogens with zero attached hydrogens (tertiary/aromatic N) is 1. The van der Waals surface area contributed by atoms with Crippen LogP contribution in [-0.2, 0) is 0 Å². The first-order valence-corrected chi connectivity index (χ1v) is 6.33. The van der Waals surface area contributed by atoms with Gasteiger partial charge >= 0.3 is 5.97 Å². The maximum atomic E-state index is 10.9. The highest BCUT2D eigenvalue weighted by atomic mass is 16.4. The number of aromatic nitrogens is 1. The Hall–Kier alpha value is -2.08. The lowest BCUT2D eigenvalue weighted by Crippen LogP contribution is -2.35. The van der Waals surface area contributed by atoms with E-state index >= 15 is 0 Å². The van der Waals surface area contributed by atoms with Gasteiger partial charge in [-0.25, -0.2) is 4.79 Å². The van der Waals surface area contributed by atoms with Crippen LogP contribution in [0.25, 0.3) is 11.1 Å². The van der Waals surface area contributed by atoms with Crippen molar-refractivity contribution >= 4 is 23.1 Å². The Labute approximate surface area is 109 Å². The van der Waals surface area contributed by atoms with Crippen molar-refractivity contribution in [3.8, 4) is 0 Å². The molecule has 0 amide bonds. The lowest BCUT2D eigenvalue weighted by molar-refractivity contribution is 0.0697. The Bertz CT molecular complexity index is 602. The van der Waals surface area contributed by atoms with Crippen LogP contribution in [0, 0.1) is 0 Å². The van der Waals surface area contributed by atoms with Crippen molar-refractivity contribution in [2.75, 3.05) is 18.4 Å². The number of piperidine rings is 1. The minimum absolute atomic E-state index is 0.206. The number of rotatable bonds is 3. The van der Waals surface area contributed by atoms with Crippen LogP contribution in [0.2, 0.25) is 0 Å². The van der Waals surface area contributed by atoms with Crippen molar-refractivity contribution in [1.82, 2.24) is 10.3 Å². The lowest BCUT2D eigenvalue weighted by Gasteiger charge is -2.22. The molecule has 6 nitrogen and oxygen atoms in total. The quantitative estimate of drug-likeness (QED) is 0.779. The van der Waals surface area contributed by atoms with E-state index in [-0.39, 0.29) is 5.56 Å². The molecule has 1 aliphatic rings. The summed E-state index contributed by atoms with van der Waals surface area (Å²) < 4.78 is 5.56. The van der Waals surface area contributed by atoms with Crippen LogP contribution in [0.15, 0.2) is 22.6 Å². The standard InChI is InChI=1S/C13H15N3O3/c17-12(18)8-1-2-10-11(7-8)19-13(16-10)15-9-3-5-14-6-4-9/h1-2,7,9,14H,3-6H2,(H,15,16)(H,17,18). The fraction of sp³-hybridized carbons (Fsp3) is 0.385. The maximum Gasteiger partial charge on any atom is 0.335 e. The number of hydrogen-bond acceptors (Lipinski definition) is 5. The Morgan fingerprint density at radius 1 is 1.42 bits per heavy atom. The zero-order chi connectivity index (χ0) is 13.2. The van der Waals surface area contributed by atoms with Crippen molar-refractivity contribution in [1.29, 1.82) is 0 Å². The predicted molar refractivity (Wildman–Crippen MR) is 70.5 cm³/mol. The van der Waals surface area contributed by atoms with E-state index < -0.39 is 5.97 Å². The van der Waals surface area contributed by atoms with E-state index in [0.29, 0.717) is 23.2 Å². The molecule has 3 N–H and O–H groups in total. The Morgan fingerprint density at radius 3 is 2.95 bits per heavy atom. The van der Waals surface area contributed by atoms with Crippen LogP contribution < -0.4 is 10.6 Å². The molecule has 3 rings (SSSR count). The summed E-state index contributed by atoms with van der Waals surface area (Å²) in [7, 11) is 0. The van der Waals surface area contributed by atoms with Crippen molar-refractivity contribution in [3.05, 3.63) is 23.8 Å². The first-order chi connectivity index (χ1) is 9.22. The van der Waals surface area contributed by atoms with E-state index in [0.717, 1.165) is 25.9 Å². The smallest absolute Gasteiger partial charge is 0.335 e. The summed E-state index contributed by atoms with van der Waals surface area (Å²) in [5.41, 5.74) is 1.37. The molecule has 1 saturated heterocycles. The van der Waals surface area contributed by atoms with Gasteiger partial charge in [0.15, 0.2) is 5.58 Å². The molecule has 100 valence electrons. The number of carbonyl (C=O) groups is 1. The van der Waals surface area contributed by atoms with Gasteiger partial charge in [-0.3, -0.25) is 0 Å². The number of benzene rings is 1. The second-order valence-corrected chi connectivity index (χ2v) is 4.68. The molecule has 0 radical (unpaired) electrons. The SMILES string of the molecule is O=C(O)c1ccc2nc(NC3CCNCC3)oc2c1. The zero-order valence-electron chi connectivity index (χ0n) is 10.3. The molecule has 1 aliphatic heterocycles. The molecular weight excluding hydrogens is 246 g/mol. The van der Waals surface area contributed by atoms with Gasteiger partial charge in [0.05, 0.1) is 5.56 Å². The topological polar surface area (TPSA) is 87.4 Å². The van der Waals surface area contributed by atoms with Crippen molar-refractivity contribution in [2.45, 2.75) is 18.9 Å². The Kier molecular flexibility index (Phi) is 3.08. The fourth-order valence-electron chi connectivity index (χ4n) is 2.26. The number of carboxylic acids is 1. The molecule has 19 heavy (non-hydrogen) atoms. The van der Waals surface area contributed by atoms with Gasteiger partial charge < -0.3 is 20.2 Å². The monoisotopic (exact) mass is 261 g/mol. The summed E-state index contributed by atoms with van der Waals surface area (Å²) in [6.45, 7) is 1.97. The van der Waals surface area contributed by atoms with Gasteiger partial charge in [0.2, 0.25) is 0 Å². The van der Waals surface area contributed by atoms with Gasteiger partial charge in [-0.1, -0.05) is 0 Å². The molecule has 1 fully saturated rings. The third-order valence-electron chi connectivity index (χ3n) is 3.30. The number of nitrogens with one attached hydrogen (secondary N) is 2. The van der Waals surface area contributed by atoms with Gasteiger partial charge in [0, 0.05) is 6.04 Å². The van der Waals surface area contributed by atoms with Gasteiger partial charge in [-0.2, -0.15) is 4.98 Å². The summed E-state index contributed by atoms with van der Waals surface area (Å²) >= 11 is 0. The number of hydrogen-bond donors (Lipinski definition) is 3. The summed E-state index contributed by atoms with van der Waals surface area (Å²) in [4.78, 5) is 15.2. The number of aromatic carboxylic acids is 1. The third-order valence-corrected chi connectivity index (χ3v) is 3.30. The Balaban J connectivity index is 1.82. The molecule has 0 atom stereocenters. The molecule has 0 saturated carbocycles. The van der Waals surface area contributed by atoms with Gasteiger partial charge in [-0.05, 0) is 44.1 Å². The average molecular weight is 261 g/mol. The summed E-state index contributed by atoms with van der Waals surface area (Å²) in [5, 5.41) is 15.5. The second-order valence-electron chi connectivity index (χ2n) is 4.68. The van der Waals surface area contributed by atoms with Gasteiger partial charge in [0.1, 0.15) is 5.52 Å². The van der Waals surface area contributed by atoms with E-state index in [9.17, 15) is 4.79 Å². The minimum Gasteiger partial charge on any atom is -0.478 e. The largest absolute Gasteiger partial charge is 0.478 e. The fourth-order valence-corrected chi connectivity index (χ4v) is 2.26. The molecule has 0 bridgehead atoms. The number of anilines is 1. The van der Waals surface area contributed by atoms with E-state index in [2.05, 4.69) is 15.6 Å². The molecule has 2 heterocycles. The first kappa shape index (κ1) is 12.0. The maximum absolute atomic E-state index is 10.9. The van der Waals surface area contributed by atoms with Crippen LogP contribution in [0.5, 0.6) is 0 Å². The van der Waals surface area contributed by atoms with Crippen LogP contribution in [0.1, 0.15) is 23.2 Å². The van der Waals surface area contributed by atoms with E-state index in [1.165, 1.54) is 12.1 Å². The third kappa shape index (κ3) is 2.53.